The molecule has 6 nitrogen and oxygen atoms in total. The molecule has 0 aromatic carbocycles. The van der Waals surface area contributed by atoms with Crippen LogP contribution in [0.25, 0.3) is 0 Å². The summed E-state index contributed by atoms with van der Waals surface area (Å²) in [4.78, 5) is 20.5. The molecule has 0 aromatic heterocycles. The van der Waals surface area contributed by atoms with E-state index in [0.717, 1.165) is 0 Å². The molecule has 0 aliphatic rings. The Kier molecular flexibility index (Phi) is 5.01. The second kappa shape index (κ2) is 5.50. The largest absolute Gasteiger partial charge is 0.480 e. The molecule has 0 unspecified atom stereocenters. The maximum absolute atomic E-state index is 10.2. The van der Waals surface area contributed by atoms with Gasteiger partial charge in [-0.2, -0.15) is 0 Å². The molecule has 0 fully saturated rings. The van der Waals surface area contributed by atoms with Gasteiger partial charge in [0.2, 0.25) is 0 Å². The highest BCUT2D eigenvalue weighted by Crippen LogP contribution is 2.01. The van der Waals surface area contributed by atoms with Gasteiger partial charge in [0.25, 0.3) is 0 Å². The van der Waals surface area contributed by atoms with E-state index in [0.29, 0.717) is 6.42 Å². The van der Waals surface area contributed by atoms with Crippen molar-refractivity contribution < 1.29 is 19.8 Å². The van der Waals surface area contributed by atoms with Gasteiger partial charge >= 0.3 is 11.9 Å². The summed E-state index contributed by atoms with van der Waals surface area (Å²) in [5.74, 6) is -2.16. The van der Waals surface area contributed by atoms with Gasteiger partial charge in [-0.15, -0.1) is 0 Å². The smallest absolute Gasteiger partial charge is 0.320 e. The number of carbonyl (C=O) groups is 2. The van der Waals surface area contributed by atoms with Gasteiger partial charge in [-0.25, -0.2) is 0 Å². The van der Waals surface area contributed by atoms with Crippen molar-refractivity contribution in [2.75, 3.05) is 0 Å². The van der Waals surface area contributed by atoms with Crippen LogP contribution < -0.4 is 11.5 Å². The van der Waals surface area contributed by atoms with Crippen molar-refractivity contribution in [1.82, 2.24) is 0 Å². The van der Waals surface area contributed by atoms with E-state index in [1.807, 2.05) is 0 Å². The van der Waals surface area contributed by atoms with Crippen LogP contribution in [0.2, 0.25) is 0 Å². The van der Waals surface area contributed by atoms with Gasteiger partial charge in [-0.1, -0.05) is 0 Å². The third kappa shape index (κ3) is 5.15. The lowest BCUT2D eigenvalue weighted by Gasteiger charge is -2.07. The van der Waals surface area contributed by atoms with E-state index in [2.05, 4.69) is 0 Å². The monoisotopic (exact) mass is 192 g/mol. The average molecular weight is 192 g/mol. The number of nitrogens with two attached hydrogens (primary N) is 2. The lowest BCUT2D eigenvalue weighted by Crippen LogP contribution is -2.33. The second-order valence-corrected chi connectivity index (χ2v) is 2.82. The summed E-state index contributed by atoms with van der Waals surface area (Å²) in [5.41, 5.74) is 10.4. The SMILES string of the molecule is N[C@H](CCC[14C@H](N)C(=O)O)C(=O)O. The van der Waals surface area contributed by atoms with Crippen molar-refractivity contribution in [2.45, 2.75) is 31.3 Å². The lowest BCUT2D eigenvalue weighted by atomic mass is 10.2. The first-order valence-corrected chi connectivity index (χ1v) is 3.92. The van der Waals surface area contributed by atoms with Crippen LogP contribution in [-0.2, 0) is 9.59 Å². The van der Waals surface area contributed by atoms with Gasteiger partial charge in [-0.05, 0) is 19.3 Å². The molecule has 0 aliphatic carbocycles. The summed E-state index contributed by atoms with van der Waals surface area (Å²) in [6.45, 7) is 0. The Balaban J connectivity index is 3.56. The summed E-state index contributed by atoms with van der Waals surface area (Å²) >= 11 is 0. The topological polar surface area (TPSA) is 127 Å². The summed E-state index contributed by atoms with van der Waals surface area (Å²) in [7, 11) is 0. The first-order valence-electron chi connectivity index (χ1n) is 3.92. The predicted octanol–water partition coefficient (Wildman–Crippen LogP) is -1.02. The van der Waals surface area contributed by atoms with Gasteiger partial charge in [0.05, 0.1) is 0 Å². The minimum absolute atomic E-state index is 0.246. The molecule has 6 N–H and O–H groups in total. The first-order chi connectivity index (χ1) is 5.95. The number of carboxylic acid groups (broad SMARTS) is 2. The van der Waals surface area contributed by atoms with Gasteiger partial charge in [0.1, 0.15) is 12.1 Å². The van der Waals surface area contributed by atoms with Crippen molar-refractivity contribution in [1.29, 1.82) is 0 Å². The maximum atomic E-state index is 10.2. The van der Waals surface area contributed by atoms with Gasteiger partial charge in [0, 0.05) is 0 Å². The molecule has 0 saturated carbocycles. The molecule has 0 amide bonds. The van der Waals surface area contributed by atoms with Crippen LogP contribution in [0.4, 0.5) is 0 Å². The molecule has 76 valence electrons. The summed E-state index contributed by atoms with van der Waals surface area (Å²) in [5, 5.41) is 16.8. The normalized spacial score (nSPS) is 14.9. The molecular formula is C7H14N2O4. The van der Waals surface area contributed by atoms with Crippen molar-refractivity contribution in [3.8, 4) is 0 Å². The third-order valence-electron chi connectivity index (χ3n) is 1.66. The molecule has 0 rings (SSSR count). The fourth-order valence-electron chi connectivity index (χ4n) is 0.805. The zero-order chi connectivity index (χ0) is 10.4. The van der Waals surface area contributed by atoms with Crippen LogP contribution in [0.15, 0.2) is 0 Å². The van der Waals surface area contributed by atoms with Crippen molar-refractivity contribution in [3.05, 3.63) is 0 Å². The fourth-order valence-corrected chi connectivity index (χ4v) is 0.805. The maximum Gasteiger partial charge on any atom is 0.320 e. The number of rotatable bonds is 6. The summed E-state index contributed by atoms with van der Waals surface area (Å²) in [6.07, 6.45) is 0.896. The Hall–Kier alpha value is -1.14. The molecule has 0 saturated heterocycles. The highest BCUT2D eigenvalue weighted by Gasteiger charge is 2.14. The average Bonchev–Trinajstić information content (AvgIpc) is 2.03. The summed E-state index contributed by atoms with van der Waals surface area (Å²) < 4.78 is 0. The van der Waals surface area contributed by atoms with E-state index < -0.39 is 24.0 Å². The van der Waals surface area contributed by atoms with Gasteiger partial charge < -0.3 is 21.7 Å². The van der Waals surface area contributed by atoms with Gasteiger partial charge in [0.15, 0.2) is 0 Å². The van der Waals surface area contributed by atoms with Gasteiger partial charge in [-0.3, -0.25) is 9.59 Å². The minimum Gasteiger partial charge on any atom is -0.480 e. The standard InChI is InChI=1S/C7H14N2O4/c8-4(6(10)11)2-1-3-5(9)7(12)13/h4-5H,1-3,8-9H2,(H,10,11)(H,12,13)/t4-,5+/i4+2/m0/s1. The molecule has 13 heavy (non-hydrogen) atoms. The van der Waals surface area contributed by atoms with E-state index >= 15 is 0 Å². The number of hydrogen-bond acceptors (Lipinski definition) is 4. The number of carboxylic acids is 2. The molecule has 0 spiro atoms. The zero-order valence-corrected chi connectivity index (χ0v) is 7.14. The molecule has 6 heteroatoms. The predicted molar refractivity (Wildman–Crippen MR) is 45.1 cm³/mol. The van der Waals surface area contributed by atoms with Crippen molar-refractivity contribution in [2.24, 2.45) is 11.5 Å². The van der Waals surface area contributed by atoms with Crippen LogP contribution in [-0.4, -0.2) is 34.2 Å². The highest BCUT2D eigenvalue weighted by atomic mass is 16.4. The van der Waals surface area contributed by atoms with Crippen LogP contribution in [0.3, 0.4) is 0 Å². The molecule has 0 radical (unpaired) electrons. The fraction of sp³-hybridized carbons (Fsp3) is 0.714. The Bertz CT molecular complexity index is 175. The molecule has 0 aliphatic heterocycles. The Morgan fingerprint density at radius 1 is 1.38 bits per heavy atom. The molecular weight excluding hydrogens is 178 g/mol. The lowest BCUT2D eigenvalue weighted by molar-refractivity contribution is -0.139. The van der Waals surface area contributed by atoms with Crippen molar-refractivity contribution >= 4 is 11.9 Å². The van der Waals surface area contributed by atoms with Crippen LogP contribution in [0.1, 0.15) is 19.3 Å². The van der Waals surface area contributed by atoms with Crippen LogP contribution >= 0.6 is 0 Å². The molecule has 0 aromatic rings. The first kappa shape index (κ1) is 11.9. The van der Waals surface area contributed by atoms with E-state index in [1.54, 1.807) is 0 Å². The van der Waals surface area contributed by atoms with Crippen LogP contribution in [0, 0.1) is 0 Å². The minimum atomic E-state index is -1.08. The molecule has 0 bridgehead atoms. The Morgan fingerprint density at radius 3 is 2.31 bits per heavy atom. The van der Waals surface area contributed by atoms with E-state index in [9.17, 15) is 9.59 Å². The van der Waals surface area contributed by atoms with E-state index in [-0.39, 0.29) is 12.8 Å². The summed E-state index contributed by atoms with van der Waals surface area (Å²) in [6, 6.07) is -1.86. The zero-order valence-electron chi connectivity index (χ0n) is 7.14. The molecule has 0 heterocycles. The van der Waals surface area contributed by atoms with E-state index in [1.165, 1.54) is 0 Å². The van der Waals surface area contributed by atoms with E-state index in [4.69, 9.17) is 21.7 Å². The number of aliphatic carboxylic acids is 2. The third-order valence-corrected chi connectivity index (χ3v) is 1.66. The van der Waals surface area contributed by atoms with Crippen molar-refractivity contribution in [3.63, 3.8) is 0 Å². The number of hydrogen-bond donors (Lipinski definition) is 4. The quantitative estimate of drug-likeness (QED) is 0.426. The Labute approximate surface area is 75.5 Å². The molecule has 2 atom stereocenters. The second-order valence-electron chi connectivity index (χ2n) is 2.82. The highest BCUT2D eigenvalue weighted by molar-refractivity contribution is 5.73. The van der Waals surface area contributed by atoms with Crippen LogP contribution in [0.5, 0.6) is 0 Å². The Morgan fingerprint density at radius 2 is 1.92 bits per heavy atom.